The van der Waals surface area contributed by atoms with Crippen LogP contribution in [0.15, 0.2) is 0 Å². The Morgan fingerprint density at radius 1 is 1.17 bits per heavy atom. The largest absolute Gasteiger partial charge is 0.412 e. The Morgan fingerprint density at radius 2 is 1.96 bits per heavy atom. The number of ether oxygens (including phenoxy) is 4. The molecule has 0 aliphatic carbocycles. The molecule has 3 fully saturated rings. The van der Waals surface area contributed by atoms with Crippen molar-refractivity contribution in [2.24, 2.45) is 0 Å². The molecule has 7 nitrogen and oxygen atoms in total. The van der Waals surface area contributed by atoms with Crippen LogP contribution < -0.4 is 0 Å². The quantitative estimate of drug-likeness (QED) is 0.717. The predicted molar refractivity (Wildman–Crippen MR) is 79.7 cm³/mol. The number of unbranched alkanes of at least 4 members (excludes halogenated alkanes) is 3. The molecule has 3 saturated heterocycles. The highest BCUT2D eigenvalue weighted by molar-refractivity contribution is 5.95. The van der Waals surface area contributed by atoms with Crippen LogP contribution in [0.4, 0.5) is 4.79 Å². The van der Waals surface area contributed by atoms with Crippen LogP contribution >= 0.6 is 0 Å². The first kappa shape index (κ1) is 16.7. The summed E-state index contributed by atoms with van der Waals surface area (Å²) in [6, 6.07) is 0. The normalized spacial score (nSPS) is 35.7. The highest BCUT2D eigenvalue weighted by atomic mass is 16.8. The highest BCUT2D eigenvalue weighted by Crippen LogP contribution is 2.39. The molecule has 3 heterocycles. The Bertz CT molecular complexity index is 493. The molecule has 1 amide bonds. The number of hydrogen-bond acceptors (Lipinski definition) is 6. The number of fused-ring (bicyclic) bond motifs is 1. The van der Waals surface area contributed by atoms with Crippen molar-refractivity contribution in [3.05, 3.63) is 0 Å². The first-order chi connectivity index (χ1) is 10.9. The summed E-state index contributed by atoms with van der Waals surface area (Å²) in [5.41, 5.74) is 0. The number of amides is 1. The molecule has 0 saturated carbocycles. The van der Waals surface area contributed by atoms with Gasteiger partial charge >= 0.3 is 6.09 Å². The lowest BCUT2D eigenvalue weighted by atomic mass is 9.99. The molecule has 7 heteroatoms. The van der Waals surface area contributed by atoms with Crippen molar-refractivity contribution in [1.82, 2.24) is 4.90 Å². The van der Waals surface area contributed by atoms with Gasteiger partial charge in [-0.3, -0.25) is 4.79 Å². The summed E-state index contributed by atoms with van der Waals surface area (Å²) in [5.74, 6) is -2.72. The SMILES string of the molecule is CCCCCCN1C[C@]2(OC[C@H]3OC(C)(C)O[C@H]3C2=O)OC1=O. The minimum atomic E-state index is -1.53. The zero-order valence-corrected chi connectivity index (χ0v) is 14.0. The number of nitrogens with zero attached hydrogens (tertiary/aromatic N) is 1. The second kappa shape index (κ2) is 6.03. The van der Waals surface area contributed by atoms with Crippen LogP contribution in [0.2, 0.25) is 0 Å². The highest BCUT2D eigenvalue weighted by Gasteiger charge is 2.62. The van der Waals surface area contributed by atoms with E-state index in [1.165, 1.54) is 0 Å². The van der Waals surface area contributed by atoms with Crippen LogP contribution in [0.25, 0.3) is 0 Å². The molecule has 0 aromatic carbocycles. The summed E-state index contributed by atoms with van der Waals surface area (Å²) in [6.07, 6.45) is 2.53. The summed E-state index contributed by atoms with van der Waals surface area (Å²) in [6.45, 7) is 6.53. The van der Waals surface area contributed by atoms with E-state index in [1.807, 2.05) is 0 Å². The van der Waals surface area contributed by atoms with Crippen LogP contribution in [0.1, 0.15) is 46.5 Å². The second-order valence-electron chi connectivity index (χ2n) is 6.87. The molecule has 0 radical (unpaired) electrons. The van der Waals surface area contributed by atoms with Crippen LogP contribution in [-0.4, -0.2) is 60.3 Å². The molecule has 0 aromatic rings. The zero-order valence-electron chi connectivity index (χ0n) is 14.0. The van der Waals surface area contributed by atoms with Crippen molar-refractivity contribution >= 4 is 11.9 Å². The van der Waals surface area contributed by atoms with Crippen LogP contribution in [0, 0.1) is 0 Å². The van der Waals surface area contributed by atoms with Crippen molar-refractivity contribution in [3.8, 4) is 0 Å². The van der Waals surface area contributed by atoms with Gasteiger partial charge in [0, 0.05) is 6.54 Å². The lowest BCUT2D eigenvalue weighted by Crippen LogP contribution is -2.59. The summed E-state index contributed by atoms with van der Waals surface area (Å²) >= 11 is 0. The molecule has 130 valence electrons. The minimum Gasteiger partial charge on any atom is -0.407 e. The van der Waals surface area contributed by atoms with Crippen molar-refractivity contribution in [1.29, 1.82) is 0 Å². The molecule has 0 bridgehead atoms. The van der Waals surface area contributed by atoms with Gasteiger partial charge in [-0.05, 0) is 20.3 Å². The summed E-state index contributed by atoms with van der Waals surface area (Å²) in [4.78, 5) is 26.4. The van der Waals surface area contributed by atoms with Crippen molar-refractivity contribution < 1.29 is 28.5 Å². The van der Waals surface area contributed by atoms with E-state index >= 15 is 0 Å². The van der Waals surface area contributed by atoms with Gasteiger partial charge in [0.25, 0.3) is 5.79 Å². The standard InChI is InChI=1S/C16H25NO6/c1-4-5-6-7-8-17-10-16(23-14(17)19)13(18)12-11(9-20-16)21-15(2,3)22-12/h11-12H,4-10H2,1-3H3/t11-,12-,16+/m1/s1. The fraction of sp³-hybridized carbons (Fsp3) is 0.875. The monoisotopic (exact) mass is 327 g/mol. The molecular formula is C16H25NO6. The van der Waals surface area contributed by atoms with Crippen LogP contribution in [0.3, 0.4) is 0 Å². The first-order valence-electron chi connectivity index (χ1n) is 8.39. The number of Topliss-reactive ketones (excluding diaryl/α,β-unsaturated/α-hetero) is 1. The topological polar surface area (TPSA) is 74.3 Å². The van der Waals surface area contributed by atoms with E-state index in [-0.39, 0.29) is 18.9 Å². The Hall–Kier alpha value is -1.18. The molecule has 0 N–H and O–H groups in total. The Morgan fingerprint density at radius 3 is 2.70 bits per heavy atom. The molecule has 0 unspecified atom stereocenters. The molecule has 3 atom stereocenters. The van der Waals surface area contributed by atoms with E-state index in [2.05, 4.69) is 6.92 Å². The van der Waals surface area contributed by atoms with Gasteiger partial charge in [0.2, 0.25) is 5.78 Å². The lowest BCUT2D eigenvalue weighted by molar-refractivity contribution is -0.219. The van der Waals surface area contributed by atoms with Crippen LogP contribution in [-0.2, 0) is 23.7 Å². The molecule has 1 spiro atoms. The van der Waals surface area contributed by atoms with E-state index < -0.39 is 29.9 Å². The second-order valence-corrected chi connectivity index (χ2v) is 6.87. The number of carbonyl (C=O) groups is 2. The first-order valence-corrected chi connectivity index (χ1v) is 8.39. The third-order valence-corrected chi connectivity index (χ3v) is 4.49. The van der Waals surface area contributed by atoms with E-state index in [4.69, 9.17) is 18.9 Å². The average molecular weight is 327 g/mol. The van der Waals surface area contributed by atoms with Gasteiger partial charge in [-0.25, -0.2) is 4.79 Å². The fourth-order valence-electron chi connectivity index (χ4n) is 3.34. The van der Waals surface area contributed by atoms with Gasteiger partial charge in [-0.2, -0.15) is 0 Å². The number of hydrogen-bond donors (Lipinski definition) is 0. The third-order valence-electron chi connectivity index (χ3n) is 4.49. The summed E-state index contributed by atoms with van der Waals surface area (Å²) in [5, 5.41) is 0. The van der Waals surface area contributed by atoms with Gasteiger partial charge in [0.1, 0.15) is 6.10 Å². The number of ketones is 1. The van der Waals surface area contributed by atoms with Crippen LogP contribution in [0.5, 0.6) is 0 Å². The average Bonchev–Trinajstić information content (AvgIpc) is 2.98. The van der Waals surface area contributed by atoms with Gasteiger partial charge in [0.05, 0.1) is 13.2 Å². The van der Waals surface area contributed by atoms with Crippen molar-refractivity contribution in [2.45, 2.75) is 70.2 Å². The van der Waals surface area contributed by atoms with Gasteiger partial charge in [0.15, 0.2) is 11.9 Å². The van der Waals surface area contributed by atoms with Gasteiger partial charge < -0.3 is 23.8 Å². The third kappa shape index (κ3) is 3.09. The summed E-state index contributed by atoms with van der Waals surface area (Å²) < 4.78 is 22.3. The van der Waals surface area contributed by atoms with E-state index in [1.54, 1.807) is 18.7 Å². The molecule has 3 aliphatic heterocycles. The van der Waals surface area contributed by atoms with E-state index in [0.717, 1.165) is 25.7 Å². The fourth-order valence-corrected chi connectivity index (χ4v) is 3.34. The molecule has 23 heavy (non-hydrogen) atoms. The Balaban J connectivity index is 1.64. The molecule has 3 rings (SSSR count). The number of rotatable bonds is 5. The van der Waals surface area contributed by atoms with Gasteiger partial charge in [-0.15, -0.1) is 0 Å². The predicted octanol–water partition coefficient (Wildman–Crippen LogP) is 1.83. The maximum atomic E-state index is 12.8. The maximum Gasteiger partial charge on any atom is 0.412 e. The minimum absolute atomic E-state index is 0.129. The molecule has 3 aliphatic rings. The van der Waals surface area contributed by atoms with E-state index in [9.17, 15) is 9.59 Å². The van der Waals surface area contributed by atoms with E-state index in [0.29, 0.717) is 6.54 Å². The van der Waals surface area contributed by atoms with Crippen molar-refractivity contribution in [3.63, 3.8) is 0 Å². The Labute approximate surface area is 136 Å². The van der Waals surface area contributed by atoms with Crippen molar-refractivity contribution in [2.75, 3.05) is 19.7 Å². The lowest BCUT2D eigenvalue weighted by Gasteiger charge is -2.34. The smallest absolute Gasteiger partial charge is 0.407 e. The zero-order chi connectivity index (χ0) is 16.7. The molecular weight excluding hydrogens is 302 g/mol. The Kier molecular flexibility index (Phi) is 4.37. The summed E-state index contributed by atoms with van der Waals surface area (Å²) in [7, 11) is 0. The van der Waals surface area contributed by atoms with Gasteiger partial charge in [-0.1, -0.05) is 26.2 Å². The number of carbonyl (C=O) groups excluding carboxylic acids is 2. The molecule has 0 aromatic heterocycles. The maximum absolute atomic E-state index is 12.8.